The summed E-state index contributed by atoms with van der Waals surface area (Å²) < 4.78 is 2.14. The highest BCUT2D eigenvalue weighted by Crippen LogP contribution is 2.32. The van der Waals surface area contributed by atoms with E-state index in [4.69, 9.17) is 17.3 Å². The second-order valence-corrected chi connectivity index (χ2v) is 11.9. The number of fused-ring (bicyclic) bond motifs is 1. The number of hydrogen-bond donors (Lipinski definition) is 2. The Kier molecular flexibility index (Phi) is 10.4. The molecule has 3 unspecified atom stereocenters. The highest BCUT2D eigenvalue weighted by molar-refractivity contribution is 6.30. The zero-order valence-corrected chi connectivity index (χ0v) is 24.7. The third kappa shape index (κ3) is 7.30. The summed E-state index contributed by atoms with van der Waals surface area (Å²) in [5, 5.41) is 13.1. The summed E-state index contributed by atoms with van der Waals surface area (Å²) in [6.45, 7) is 7.08. The fraction of sp³-hybridized carbons (Fsp3) is 0.500. The summed E-state index contributed by atoms with van der Waals surface area (Å²) in [6, 6.07) is 15.8. The molecule has 0 spiro atoms. The second-order valence-electron chi connectivity index (χ2n) is 11.4. The second kappa shape index (κ2) is 13.9. The Hall–Kier alpha value is -3.19. The molecular formula is C32H42ClN5O2. The maximum Gasteiger partial charge on any atom is 0.224 e. The molecule has 2 heterocycles. The van der Waals surface area contributed by atoms with Crippen molar-refractivity contribution in [2.75, 3.05) is 0 Å². The number of halogens is 1. The highest BCUT2D eigenvalue weighted by atomic mass is 35.5. The van der Waals surface area contributed by atoms with Gasteiger partial charge in [-0.2, -0.15) is 0 Å². The fourth-order valence-electron chi connectivity index (χ4n) is 5.74. The van der Waals surface area contributed by atoms with Gasteiger partial charge in [0.15, 0.2) is 11.6 Å². The van der Waals surface area contributed by atoms with Crippen LogP contribution in [0.25, 0.3) is 22.5 Å². The molecule has 40 heavy (non-hydrogen) atoms. The number of rotatable bonds is 12. The van der Waals surface area contributed by atoms with Gasteiger partial charge in [-0.05, 0) is 61.3 Å². The fourth-order valence-corrected chi connectivity index (χ4v) is 5.87. The molecule has 0 fully saturated rings. The molecule has 0 saturated carbocycles. The average Bonchev–Trinajstić information content (AvgIpc) is 3.25. The van der Waals surface area contributed by atoms with Crippen LogP contribution in [-0.2, 0) is 16.1 Å². The number of carbonyl (C=O) groups is 2. The third-order valence-corrected chi connectivity index (χ3v) is 8.14. The molecular weight excluding hydrogens is 522 g/mol. The van der Waals surface area contributed by atoms with Gasteiger partial charge in [-0.3, -0.25) is 9.59 Å². The van der Waals surface area contributed by atoms with E-state index in [0.29, 0.717) is 17.9 Å². The summed E-state index contributed by atoms with van der Waals surface area (Å²) in [4.78, 5) is 26.2. The lowest BCUT2D eigenvalue weighted by Crippen LogP contribution is -2.42. The van der Waals surface area contributed by atoms with Gasteiger partial charge >= 0.3 is 0 Å². The van der Waals surface area contributed by atoms with Crippen LogP contribution < -0.4 is 11.1 Å². The zero-order valence-electron chi connectivity index (χ0n) is 23.9. The third-order valence-electron chi connectivity index (χ3n) is 7.88. The molecule has 3 aromatic rings. The van der Waals surface area contributed by atoms with Gasteiger partial charge in [-0.15, -0.1) is 10.2 Å². The molecule has 2 amide bonds. The first-order chi connectivity index (χ1) is 19.3. The molecule has 3 N–H and O–H groups in total. The van der Waals surface area contributed by atoms with Gasteiger partial charge in [0.1, 0.15) is 0 Å². The van der Waals surface area contributed by atoms with Crippen LogP contribution in [0.1, 0.15) is 84.0 Å². The van der Waals surface area contributed by atoms with Crippen LogP contribution in [0.15, 0.2) is 48.5 Å². The standard InChI is InChI=1S/C32H42ClN5O2/c1-4-5-6-9-26(29(34)39)27(20-21(2)3)32(40)35-28-10-7-8-19-38-30(36-37-31(28)38)24-13-11-22(12-14-24)23-15-17-25(33)18-16-23/h11-18,21,26-28H,4-10,19-20H2,1-3H3,(H2,34,39)(H,35,40). The minimum Gasteiger partial charge on any atom is -0.369 e. The van der Waals surface area contributed by atoms with Crippen LogP contribution >= 0.6 is 11.6 Å². The van der Waals surface area contributed by atoms with Crippen molar-refractivity contribution in [1.82, 2.24) is 20.1 Å². The Morgan fingerprint density at radius 2 is 1.62 bits per heavy atom. The molecule has 0 aliphatic carbocycles. The molecule has 214 valence electrons. The number of benzene rings is 2. The predicted octanol–water partition coefficient (Wildman–Crippen LogP) is 6.95. The topological polar surface area (TPSA) is 103 Å². The normalized spacial score (nSPS) is 16.7. The van der Waals surface area contributed by atoms with E-state index in [1.807, 2.05) is 24.3 Å². The first-order valence-corrected chi connectivity index (χ1v) is 15.1. The Morgan fingerprint density at radius 3 is 2.25 bits per heavy atom. The molecule has 0 radical (unpaired) electrons. The maximum atomic E-state index is 13.7. The number of unbranched alkanes of at least 4 members (excludes halogenated alkanes) is 2. The van der Waals surface area contributed by atoms with Crippen molar-refractivity contribution >= 4 is 23.4 Å². The molecule has 4 rings (SSSR count). The molecule has 1 aromatic heterocycles. The largest absolute Gasteiger partial charge is 0.369 e. The Bertz CT molecular complexity index is 1270. The monoisotopic (exact) mass is 563 g/mol. The van der Waals surface area contributed by atoms with Gasteiger partial charge in [-0.1, -0.05) is 88.0 Å². The number of amides is 2. The van der Waals surface area contributed by atoms with Crippen molar-refractivity contribution in [2.45, 2.75) is 84.7 Å². The molecule has 0 bridgehead atoms. The van der Waals surface area contributed by atoms with Gasteiger partial charge in [-0.25, -0.2) is 0 Å². The highest BCUT2D eigenvalue weighted by Gasteiger charge is 2.35. The maximum absolute atomic E-state index is 13.7. The smallest absolute Gasteiger partial charge is 0.224 e. The SMILES string of the molecule is CCCCCC(C(N)=O)C(CC(C)C)C(=O)NC1CCCCn2c(-c3ccc(-c4ccc(Cl)cc4)cc3)nnc21. The van der Waals surface area contributed by atoms with E-state index in [2.05, 4.69) is 65.1 Å². The lowest BCUT2D eigenvalue weighted by molar-refractivity contribution is -0.134. The van der Waals surface area contributed by atoms with Crippen molar-refractivity contribution in [2.24, 2.45) is 23.5 Å². The van der Waals surface area contributed by atoms with E-state index in [1.165, 1.54) is 0 Å². The van der Waals surface area contributed by atoms with Crippen molar-refractivity contribution in [3.63, 3.8) is 0 Å². The minimum atomic E-state index is -0.465. The molecule has 1 aliphatic rings. The first kappa shape index (κ1) is 29.8. The molecule has 7 nitrogen and oxygen atoms in total. The molecule has 3 atom stereocenters. The molecule has 1 aliphatic heterocycles. The number of nitrogens with two attached hydrogens (primary N) is 1. The van der Waals surface area contributed by atoms with Crippen molar-refractivity contribution in [1.29, 1.82) is 0 Å². The lowest BCUT2D eigenvalue weighted by atomic mass is 9.81. The Labute approximate surface area is 242 Å². The van der Waals surface area contributed by atoms with Gasteiger partial charge in [0.05, 0.1) is 6.04 Å². The van der Waals surface area contributed by atoms with Gasteiger partial charge < -0.3 is 15.6 Å². The number of nitrogens with one attached hydrogen (secondary N) is 1. The average molecular weight is 564 g/mol. The zero-order chi connectivity index (χ0) is 28.6. The summed E-state index contributed by atoms with van der Waals surface area (Å²) in [5.74, 6) is 0.430. The van der Waals surface area contributed by atoms with E-state index in [0.717, 1.165) is 73.4 Å². The van der Waals surface area contributed by atoms with E-state index in [-0.39, 0.29) is 23.8 Å². The van der Waals surface area contributed by atoms with E-state index in [1.54, 1.807) is 0 Å². The van der Waals surface area contributed by atoms with Crippen LogP contribution in [0.3, 0.4) is 0 Å². The first-order valence-electron chi connectivity index (χ1n) is 14.7. The molecule has 8 heteroatoms. The number of primary amides is 1. The summed E-state index contributed by atoms with van der Waals surface area (Å²) in [5.41, 5.74) is 9.01. The summed E-state index contributed by atoms with van der Waals surface area (Å²) in [6.07, 6.45) is 6.96. The van der Waals surface area contributed by atoms with E-state index < -0.39 is 11.8 Å². The summed E-state index contributed by atoms with van der Waals surface area (Å²) in [7, 11) is 0. The van der Waals surface area contributed by atoms with E-state index >= 15 is 0 Å². The van der Waals surface area contributed by atoms with Crippen LogP contribution in [0.4, 0.5) is 0 Å². The van der Waals surface area contributed by atoms with Gasteiger partial charge in [0.25, 0.3) is 0 Å². The number of nitrogens with zero attached hydrogens (tertiary/aromatic N) is 3. The van der Waals surface area contributed by atoms with Crippen molar-refractivity contribution in [3.8, 4) is 22.5 Å². The van der Waals surface area contributed by atoms with Crippen molar-refractivity contribution < 1.29 is 9.59 Å². The molecule has 2 aromatic carbocycles. The number of aromatic nitrogens is 3. The Morgan fingerprint density at radius 1 is 0.975 bits per heavy atom. The minimum absolute atomic E-state index is 0.107. The van der Waals surface area contributed by atoms with E-state index in [9.17, 15) is 9.59 Å². The lowest BCUT2D eigenvalue weighted by Gasteiger charge is -2.27. The predicted molar refractivity (Wildman–Crippen MR) is 160 cm³/mol. The Balaban J connectivity index is 1.56. The number of carbonyl (C=O) groups excluding carboxylic acids is 2. The van der Waals surface area contributed by atoms with Crippen LogP contribution in [-0.4, -0.2) is 26.6 Å². The molecule has 0 saturated heterocycles. The van der Waals surface area contributed by atoms with Crippen LogP contribution in [0.5, 0.6) is 0 Å². The van der Waals surface area contributed by atoms with Crippen LogP contribution in [0, 0.1) is 17.8 Å². The number of hydrogen-bond acceptors (Lipinski definition) is 4. The summed E-state index contributed by atoms with van der Waals surface area (Å²) >= 11 is 6.05. The van der Waals surface area contributed by atoms with Crippen molar-refractivity contribution in [3.05, 3.63) is 59.4 Å². The van der Waals surface area contributed by atoms with Gasteiger partial charge in [0.2, 0.25) is 11.8 Å². The quantitative estimate of drug-likeness (QED) is 0.233. The van der Waals surface area contributed by atoms with Gasteiger partial charge in [0, 0.05) is 29.0 Å². The van der Waals surface area contributed by atoms with Crippen LogP contribution in [0.2, 0.25) is 5.02 Å².